The van der Waals surface area contributed by atoms with Crippen molar-refractivity contribution < 1.29 is 27.5 Å². The van der Waals surface area contributed by atoms with Crippen LogP contribution in [0.1, 0.15) is 17.3 Å². The van der Waals surface area contributed by atoms with E-state index in [0.717, 1.165) is 4.31 Å². The van der Waals surface area contributed by atoms with Crippen molar-refractivity contribution in [1.82, 2.24) is 0 Å². The molecule has 0 bridgehead atoms. The maximum Gasteiger partial charge on any atom is 0.339 e. The first kappa shape index (κ1) is 26.3. The number of carbonyl (C=O) groups is 2. The molecular weight excluding hydrogens is 515 g/mol. The molecule has 0 aliphatic carbocycles. The van der Waals surface area contributed by atoms with Gasteiger partial charge in [-0.25, -0.2) is 13.2 Å². The highest BCUT2D eigenvalue weighted by Crippen LogP contribution is 2.33. The molecule has 1 amide bonds. The van der Waals surface area contributed by atoms with Gasteiger partial charge in [0.1, 0.15) is 12.3 Å². The van der Waals surface area contributed by atoms with Crippen molar-refractivity contribution in [2.75, 3.05) is 29.9 Å². The zero-order valence-electron chi connectivity index (χ0n) is 18.8. The molecule has 0 spiro atoms. The minimum atomic E-state index is -4.19. The Kier molecular flexibility index (Phi) is 8.61. The Morgan fingerprint density at radius 3 is 2.34 bits per heavy atom. The zero-order valence-corrected chi connectivity index (χ0v) is 21.2. The normalized spacial score (nSPS) is 11.0. The van der Waals surface area contributed by atoms with Gasteiger partial charge in [0.15, 0.2) is 0 Å². The molecule has 0 saturated carbocycles. The van der Waals surface area contributed by atoms with Gasteiger partial charge in [0.05, 0.1) is 34.9 Å². The molecule has 184 valence electrons. The van der Waals surface area contributed by atoms with Crippen LogP contribution in [-0.2, 0) is 19.6 Å². The van der Waals surface area contributed by atoms with E-state index in [1.54, 1.807) is 31.2 Å². The summed E-state index contributed by atoms with van der Waals surface area (Å²) in [6, 6.07) is 16.4. The highest BCUT2D eigenvalue weighted by molar-refractivity contribution is 7.92. The van der Waals surface area contributed by atoms with Crippen LogP contribution in [0.15, 0.2) is 71.6 Å². The third-order valence-electron chi connectivity index (χ3n) is 4.78. The Morgan fingerprint density at radius 2 is 1.69 bits per heavy atom. The molecule has 0 aromatic heterocycles. The molecule has 0 radical (unpaired) electrons. The summed E-state index contributed by atoms with van der Waals surface area (Å²) in [5, 5.41) is 3.11. The summed E-state index contributed by atoms with van der Waals surface area (Å²) in [5.74, 6) is -1.05. The lowest BCUT2D eigenvalue weighted by Gasteiger charge is -2.26. The predicted molar refractivity (Wildman–Crippen MR) is 135 cm³/mol. The monoisotopic (exact) mass is 536 g/mol. The van der Waals surface area contributed by atoms with Crippen LogP contribution in [0.5, 0.6) is 5.75 Å². The molecule has 0 unspecified atom stereocenters. The standard InChI is InChI=1S/C24H22Cl2N2O6S/c1-3-34-22-7-5-4-6-21(22)28(35(31,32)18-11-8-16(25)9-12-18)15-23(29)27-17-10-13-20(26)19(14-17)24(30)33-2/h4-14H,3,15H2,1-2H3,(H,27,29). The number of anilines is 2. The van der Waals surface area contributed by atoms with E-state index in [4.69, 9.17) is 32.7 Å². The summed E-state index contributed by atoms with van der Waals surface area (Å²) in [7, 11) is -2.99. The number of amides is 1. The second kappa shape index (κ2) is 11.4. The maximum atomic E-state index is 13.6. The SMILES string of the molecule is CCOc1ccccc1N(CC(=O)Nc1ccc(Cl)c(C(=O)OC)c1)S(=O)(=O)c1ccc(Cl)cc1. The molecule has 35 heavy (non-hydrogen) atoms. The minimum absolute atomic E-state index is 0.0549. The average molecular weight is 537 g/mol. The summed E-state index contributed by atoms with van der Waals surface area (Å²) < 4.78 is 38.4. The van der Waals surface area contributed by atoms with Gasteiger partial charge in [0.25, 0.3) is 10.0 Å². The summed E-state index contributed by atoms with van der Waals surface area (Å²) >= 11 is 12.0. The lowest BCUT2D eigenvalue weighted by molar-refractivity contribution is -0.114. The van der Waals surface area contributed by atoms with Crippen LogP contribution in [0.25, 0.3) is 0 Å². The van der Waals surface area contributed by atoms with Crippen molar-refractivity contribution >= 4 is 56.5 Å². The van der Waals surface area contributed by atoms with Gasteiger partial charge in [-0.3, -0.25) is 9.10 Å². The fourth-order valence-corrected chi connectivity index (χ4v) is 4.93. The van der Waals surface area contributed by atoms with Crippen molar-refractivity contribution in [2.24, 2.45) is 0 Å². The number of benzene rings is 3. The van der Waals surface area contributed by atoms with Gasteiger partial charge in [-0.2, -0.15) is 0 Å². The Morgan fingerprint density at radius 1 is 1.00 bits per heavy atom. The molecule has 8 nitrogen and oxygen atoms in total. The maximum absolute atomic E-state index is 13.6. The fourth-order valence-electron chi connectivity index (χ4n) is 3.17. The van der Waals surface area contributed by atoms with Crippen molar-refractivity contribution in [3.05, 3.63) is 82.3 Å². The molecular formula is C24H22Cl2N2O6S. The molecule has 3 aromatic carbocycles. The number of ether oxygens (including phenoxy) is 2. The summed E-state index contributed by atoms with van der Waals surface area (Å²) in [6.07, 6.45) is 0. The number of halogens is 2. The van der Waals surface area contributed by atoms with Gasteiger partial charge < -0.3 is 14.8 Å². The Bertz CT molecular complexity index is 1330. The number of hydrogen-bond acceptors (Lipinski definition) is 6. The van der Waals surface area contributed by atoms with E-state index in [1.807, 2.05) is 0 Å². The van der Waals surface area contributed by atoms with Crippen LogP contribution in [0, 0.1) is 0 Å². The quantitative estimate of drug-likeness (QED) is 0.385. The summed E-state index contributed by atoms with van der Waals surface area (Å²) in [6.45, 7) is 1.48. The number of nitrogens with one attached hydrogen (secondary N) is 1. The molecule has 0 saturated heterocycles. The number of para-hydroxylation sites is 2. The Balaban J connectivity index is 1.98. The van der Waals surface area contributed by atoms with Crippen LogP contribution in [0.4, 0.5) is 11.4 Å². The number of nitrogens with zero attached hydrogens (tertiary/aromatic N) is 1. The third kappa shape index (κ3) is 6.25. The molecule has 0 heterocycles. The van der Waals surface area contributed by atoms with E-state index in [2.05, 4.69) is 5.32 Å². The Labute approximate surface area is 213 Å². The molecule has 0 aliphatic rings. The topological polar surface area (TPSA) is 102 Å². The first-order valence-electron chi connectivity index (χ1n) is 10.3. The second-order valence-corrected chi connectivity index (χ2v) is 9.81. The highest BCUT2D eigenvalue weighted by atomic mass is 35.5. The van der Waals surface area contributed by atoms with Crippen molar-refractivity contribution in [3.63, 3.8) is 0 Å². The molecule has 3 rings (SSSR count). The van der Waals surface area contributed by atoms with Gasteiger partial charge in [-0.15, -0.1) is 0 Å². The molecule has 1 N–H and O–H groups in total. The number of rotatable bonds is 9. The lowest BCUT2D eigenvalue weighted by Crippen LogP contribution is -2.38. The number of carbonyl (C=O) groups excluding carboxylic acids is 2. The molecule has 0 fully saturated rings. The van der Waals surface area contributed by atoms with Crippen LogP contribution in [0.3, 0.4) is 0 Å². The zero-order chi connectivity index (χ0) is 25.6. The minimum Gasteiger partial charge on any atom is -0.492 e. The van der Waals surface area contributed by atoms with Gasteiger partial charge in [0.2, 0.25) is 5.91 Å². The van der Waals surface area contributed by atoms with Gasteiger partial charge in [-0.1, -0.05) is 35.3 Å². The second-order valence-electron chi connectivity index (χ2n) is 7.10. The van der Waals surface area contributed by atoms with E-state index in [0.29, 0.717) is 17.4 Å². The van der Waals surface area contributed by atoms with E-state index in [-0.39, 0.29) is 26.9 Å². The van der Waals surface area contributed by atoms with E-state index < -0.39 is 28.4 Å². The van der Waals surface area contributed by atoms with Gasteiger partial charge >= 0.3 is 5.97 Å². The first-order valence-corrected chi connectivity index (χ1v) is 12.5. The largest absolute Gasteiger partial charge is 0.492 e. The van der Waals surface area contributed by atoms with Crippen LogP contribution >= 0.6 is 23.2 Å². The fraction of sp³-hybridized carbons (Fsp3) is 0.167. The van der Waals surface area contributed by atoms with Crippen LogP contribution in [-0.4, -0.2) is 40.6 Å². The highest BCUT2D eigenvalue weighted by Gasteiger charge is 2.29. The third-order valence-corrected chi connectivity index (χ3v) is 7.13. The van der Waals surface area contributed by atoms with Gasteiger partial charge in [-0.05, 0) is 61.5 Å². The molecule has 0 aliphatic heterocycles. The molecule has 0 atom stereocenters. The van der Waals surface area contributed by atoms with E-state index >= 15 is 0 Å². The number of methoxy groups -OCH3 is 1. The van der Waals surface area contributed by atoms with Crippen LogP contribution < -0.4 is 14.4 Å². The predicted octanol–water partition coefficient (Wildman–Crippen LogP) is 5.01. The Hall–Kier alpha value is -3.27. The lowest BCUT2D eigenvalue weighted by atomic mass is 10.2. The van der Waals surface area contributed by atoms with Crippen molar-refractivity contribution in [2.45, 2.75) is 11.8 Å². The van der Waals surface area contributed by atoms with E-state index in [9.17, 15) is 18.0 Å². The molecule has 3 aromatic rings. The van der Waals surface area contributed by atoms with Crippen LogP contribution in [0.2, 0.25) is 10.0 Å². The smallest absolute Gasteiger partial charge is 0.339 e. The first-order chi connectivity index (χ1) is 16.7. The van der Waals surface area contributed by atoms with E-state index in [1.165, 1.54) is 49.6 Å². The van der Waals surface area contributed by atoms with Crippen molar-refractivity contribution in [3.8, 4) is 5.75 Å². The summed E-state index contributed by atoms with van der Waals surface area (Å²) in [4.78, 5) is 24.9. The number of hydrogen-bond donors (Lipinski definition) is 1. The summed E-state index contributed by atoms with van der Waals surface area (Å²) in [5.41, 5.74) is 0.479. The molecule has 11 heteroatoms. The number of sulfonamides is 1. The van der Waals surface area contributed by atoms with Gasteiger partial charge in [0, 0.05) is 10.7 Å². The average Bonchev–Trinajstić information content (AvgIpc) is 2.84. The number of esters is 1. The van der Waals surface area contributed by atoms with Crippen molar-refractivity contribution in [1.29, 1.82) is 0 Å².